The lowest BCUT2D eigenvalue weighted by Gasteiger charge is -2.35. The van der Waals surface area contributed by atoms with E-state index in [0.29, 0.717) is 18.8 Å². The molecule has 10 heteroatoms. The van der Waals surface area contributed by atoms with Gasteiger partial charge in [-0.3, -0.25) is 9.59 Å². The Labute approximate surface area is 180 Å². The molecule has 9 nitrogen and oxygen atoms in total. The summed E-state index contributed by atoms with van der Waals surface area (Å²) >= 11 is 0. The van der Waals surface area contributed by atoms with Crippen molar-refractivity contribution in [2.45, 2.75) is 24.8 Å². The number of hydrogen-bond acceptors (Lipinski definition) is 6. The molecule has 2 saturated heterocycles. The van der Waals surface area contributed by atoms with E-state index < -0.39 is 15.9 Å². The SMILES string of the molecule is Cc1ccc(O)c(S(=O)(=O)N2CCN(C(=O)C3CC(=O)N(Cc4ccco4)C3)CC2)c1. The van der Waals surface area contributed by atoms with Gasteiger partial charge in [0.15, 0.2) is 0 Å². The fraction of sp³-hybridized carbons (Fsp3) is 0.429. The smallest absolute Gasteiger partial charge is 0.246 e. The van der Waals surface area contributed by atoms with Crippen LogP contribution in [0.4, 0.5) is 0 Å². The summed E-state index contributed by atoms with van der Waals surface area (Å²) in [4.78, 5) is 28.3. The van der Waals surface area contributed by atoms with Crippen LogP contribution in [0, 0.1) is 12.8 Å². The van der Waals surface area contributed by atoms with Crippen LogP contribution in [0.1, 0.15) is 17.7 Å². The summed E-state index contributed by atoms with van der Waals surface area (Å²) in [6, 6.07) is 7.99. The molecular weight excluding hydrogens is 422 g/mol. The van der Waals surface area contributed by atoms with Crippen LogP contribution in [0.15, 0.2) is 45.9 Å². The van der Waals surface area contributed by atoms with E-state index >= 15 is 0 Å². The van der Waals surface area contributed by atoms with Crippen LogP contribution in [-0.4, -0.2) is 72.2 Å². The standard InChI is InChI=1S/C21H25N3O6S/c1-15-4-5-18(25)19(11-15)31(28,29)24-8-6-22(7-9-24)21(27)16-12-20(26)23(13-16)14-17-3-2-10-30-17/h2-5,10-11,16,25H,6-9,12-14H2,1H3. The van der Waals surface area contributed by atoms with Crippen molar-refractivity contribution in [3.8, 4) is 5.75 Å². The molecule has 1 aromatic carbocycles. The number of sulfonamides is 1. The second-order valence-electron chi connectivity index (χ2n) is 7.96. The molecule has 1 unspecified atom stereocenters. The molecule has 2 aliphatic rings. The molecule has 4 rings (SSSR count). The number of aryl methyl sites for hydroxylation is 1. The van der Waals surface area contributed by atoms with Gasteiger partial charge in [-0.1, -0.05) is 6.07 Å². The molecule has 31 heavy (non-hydrogen) atoms. The number of rotatable bonds is 5. The minimum Gasteiger partial charge on any atom is -0.507 e. The molecule has 166 valence electrons. The van der Waals surface area contributed by atoms with Gasteiger partial charge in [-0.15, -0.1) is 0 Å². The first-order valence-corrected chi connectivity index (χ1v) is 11.6. The zero-order chi connectivity index (χ0) is 22.2. The topological polar surface area (TPSA) is 111 Å². The number of hydrogen-bond donors (Lipinski definition) is 1. The number of nitrogens with zero attached hydrogens (tertiary/aromatic N) is 3. The summed E-state index contributed by atoms with van der Waals surface area (Å²) < 4.78 is 32.4. The van der Waals surface area contributed by atoms with Crippen molar-refractivity contribution in [1.29, 1.82) is 0 Å². The monoisotopic (exact) mass is 447 g/mol. The molecule has 2 aromatic rings. The van der Waals surface area contributed by atoms with Gasteiger partial charge in [0.2, 0.25) is 21.8 Å². The number of furan rings is 1. The van der Waals surface area contributed by atoms with Crippen LogP contribution in [0.5, 0.6) is 5.75 Å². The summed E-state index contributed by atoms with van der Waals surface area (Å²) in [5, 5.41) is 10.0. The zero-order valence-electron chi connectivity index (χ0n) is 17.2. The predicted molar refractivity (Wildman–Crippen MR) is 110 cm³/mol. The van der Waals surface area contributed by atoms with E-state index in [1.165, 1.54) is 16.4 Å². The van der Waals surface area contributed by atoms with E-state index in [0.717, 1.165) is 5.56 Å². The quantitative estimate of drug-likeness (QED) is 0.737. The number of phenols is 1. The first-order chi connectivity index (χ1) is 14.8. The molecule has 2 fully saturated rings. The fourth-order valence-corrected chi connectivity index (χ4v) is 5.64. The van der Waals surface area contributed by atoms with Crippen molar-refractivity contribution in [2.75, 3.05) is 32.7 Å². The lowest BCUT2D eigenvalue weighted by Crippen LogP contribution is -2.52. The molecule has 3 heterocycles. The predicted octanol–water partition coefficient (Wildman–Crippen LogP) is 1.18. The van der Waals surface area contributed by atoms with Crippen molar-refractivity contribution in [3.63, 3.8) is 0 Å². The average Bonchev–Trinajstić information content (AvgIpc) is 3.39. The van der Waals surface area contributed by atoms with Crippen LogP contribution in [0.3, 0.4) is 0 Å². The molecule has 1 aromatic heterocycles. The van der Waals surface area contributed by atoms with Crippen LogP contribution >= 0.6 is 0 Å². The maximum atomic E-state index is 12.9. The third-order valence-electron chi connectivity index (χ3n) is 5.77. The molecule has 2 aliphatic heterocycles. The van der Waals surface area contributed by atoms with Gasteiger partial charge >= 0.3 is 0 Å². The van der Waals surface area contributed by atoms with Crippen molar-refractivity contribution >= 4 is 21.8 Å². The third-order valence-corrected chi connectivity index (χ3v) is 7.70. The Hall–Kier alpha value is -2.85. The molecule has 1 N–H and O–H groups in total. The van der Waals surface area contributed by atoms with Gasteiger partial charge in [-0.2, -0.15) is 4.31 Å². The van der Waals surface area contributed by atoms with Gasteiger partial charge in [0.1, 0.15) is 16.4 Å². The van der Waals surface area contributed by atoms with Crippen LogP contribution in [-0.2, 0) is 26.2 Å². The number of carbonyl (C=O) groups excluding carboxylic acids is 2. The Morgan fingerprint density at radius 2 is 1.94 bits per heavy atom. The number of phenolic OH excluding ortho intramolecular Hbond substituents is 1. The summed E-state index contributed by atoms with van der Waals surface area (Å²) in [6.45, 7) is 3.18. The second-order valence-corrected chi connectivity index (χ2v) is 9.86. The number of piperazine rings is 1. The maximum Gasteiger partial charge on any atom is 0.246 e. The van der Waals surface area contributed by atoms with Crippen LogP contribution < -0.4 is 0 Å². The Morgan fingerprint density at radius 3 is 2.61 bits per heavy atom. The molecule has 2 amide bonds. The highest BCUT2D eigenvalue weighted by atomic mass is 32.2. The Bertz CT molecular complexity index is 1070. The normalized spacial score (nSPS) is 20.4. The van der Waals surface area contributed by atoms with E-state index in [1.807, 2.05) is 0 Å². The van der Waals surface area contributed by atoms with Gasteiger partial charge in [0, 0.05) is 39.1 Å². The lowest BCUT2D eigenvalue weighted by molar-refractivity contribution is -0.137. The lowest BCUT2D eigenvalue weighted by atomic mass is 10.1. The van der Waals surface area contributed by atoms with Crippen LogP contribution in [0.25, 0.3) is 0 Å². The largest absolute Gasteiger partial charge is 0.507 e. The van der Waals surface area contributed by atoms with Crippen molar-refractivity contribution < 1.29 is 27.5 Å². The van der Waals surface area contributed by atoms with E-state index in [-0.39, 0.29) is 55.1 Å². The number of carbonyl (C=O) groups is 2. The number of benzene rings is 1. The minimum atomic E-state index is -3.86. The van der Waals surface area contributed by atoms with Gasteiger partial charge in [-0.25, -0.2) is 8.42 Å². The van der Waals surface area contributed by atoms with Crippen molar-refractivity contribution in [3.05, 3.63) is 47.9 Å². The maximum absolute atomic E-state index is 12.9. The van der Waals surface area contributed by atoms with Gasteiger partial charge in [0.25, 0.3) is 0 Å². The summed E-state index contributed by atoms with van der Waals surface area (Å²) in [7, 11) is -3.86. The summed E-state index contributed by atoms with van der Waals surface area (Å²) in [5.41, 5.74) is 0.732. The average molecular weight is 448 g/mol. The molecule has 0 spiro atoms. The zero-order valence-corrected chi connectivity index (χ0v) is 18.0. The highest BCUT2D eigenvalue weighted by Crippen LogP contribution is 2.28. The second kappa shape index (κ2) is 8.35. The molecular formula is C21H25N3O6S. The third kappa shape index (κ3) is 4.31. The van der Waals surface area contributed by atoms with E-state index in [1.54, 1.807) is 41.2 Å². The molecule has 0 radical (unpaired) electrons. The first-order valence-electron chi connectivity index (χ1n) is 10.1. The highest BCUT2D eigenvalue weighted by Gasteiger charge is 2.39. The van der Waals surface area contributed by atoms with Gasteiger partial charge < -0.3 is 19.3 Å². The minimum absolute atomic E-state index is 0.0918. The molecule has 0 saturated carbocycles. The molecule has 1 atom stereocenters. The summed E-state index contributed by atoms with van der Waals surface area (Å²) in [6.07, 6.45) is 1.69. The Morgan fingerprint density at radius 1 is 1.19 bits per heavy atom. The van der Waals surface area contributed by atoms with Crippen LogP contribution in [0.2, 0.25) is 0 Å². The number of amides is 2. The number of likely N-dealkylation sites (tertiary alicyclic amines) is 1. The number of aromatic hydroxyl groups is 1. The van der Waals surface area contributed by atoms with Crippen molar-refractivity contribution in [2.24, 2.45) is 5.92 Å². The Balaban J connectivity index is 1.37. The molecule has 0 bridgehead atoms. The van der Waals surface area contributed by atoms with Crippen molar-refractivity contribution in [1.82, 2.24) is 14.1 Å². The first kappa shape index (κ1) is 21.4. The highest BCUT2D eigenvalue weighted by molar-refractivity contribution is 7.89. The summed E-state index contributed by atoms with van der Waals surface area (Å²) in [5.74, 6) is -0.284. The van der Waals surface area contributed by atoms with E-state index in [2.05, 4.69) is 0 Å². The fourth-order valence-electron chi connectivity index (χ4n) is 4.06. The Kier molecular flexibility index (Phi) is 5.76. The van der Waals surface area contributed by atoms with Gasteiger partial charge in [-0.05, 0) is 36.8 Å². The van der Waals surface area contributed by atoms with E-state index in [4.69, 9.17) is 4.42 Å². The van der Waals surface area contributed by atoms with Gasteiger partial charge in [0.05, 0.1) is 18.7 Å². The molecule has 0 aliphatic carbocycles. The van der Waals surface area contributed by atoms with E-state index in [9.17, 15) is 23.1 Å².